The van der Waals surface area contributed by atoms with Gasteiger partial charge in [-0.2, -0.15) is 4.68 Å². The normalized spacial score (nSPS) is 15.9. The van der Waals surface area contributed by atoms with E-state index in [0.29, 0.717) is 11.1 Å². The van der Waals surface area contributed by atoms with Crippen molar-refractivity contribution in [3.05, 3.63) is 65.7 Å². The first-order valence-electron chi connectivity index (χ1n) is 10.4. The molecule has 1 fully saturated rings. The molecule has 7 heteroatoms. The summed E-state index contributed by atoms with van der Waals surface area (Å²) in [5.74, 6) is 0.810. The number of rotatable bonds is 6. The molecule has 0 bridgehead atoms. The highest BCUT2D eigenvalue weighted by Gasteiger charge is 2.28. The second-order valence-electron chi connectivity index (χ2n) is 7.93. The minimum absolute atomic E-state index is 0.164. The fourth-order valence-electron chi connectivity index (χ4n) is 3.87. The Hall–Kier alpha value is -2.67. The van der Waals surface area contributed by atoms with Gasteiger partial charge in [0.25, 0.3) is 0 Å². The van der Waals surface area contributed by atoms with Crippen LogP contribution in [0.25, 0.3) is 5.69 Å². The highest BCUT2D eigenvalue weighted by molar-refractivity contribution is 8.00. The molecule has 0 radical (unpaired) electrons. The van der Waals surface area contributed by atoms with Gasteiger partial charge in [0, 0.05) is 13.1 Å². The second kappa shape index (κ2) is 9.43. The van der Waals surface area contributed by atoms with Gasteiger partial charge in [-0.05, 0) is 67.2 Å². The van der Waals surface area contributed by atoms with Gasteiger partial charge in [-0.15, -0.1) is 5.10 Å². The van der Waals surface area contributed by atoms with Crippen molar-refractivity contribution in [1.29, 1.82) is 0 Å². The zero-order valence-corrected chi connectivity index (χ0v) is 18.3. The van der Waals surface area contributed by atoms with Gasteiger partial charge >= 0.3 is 0 Å². The van der Waals surface area contributed by atoms with Crippen LogP contribution in [0.2, 0.25) is 0 Å². The number of carbonyl (C=O) groups excluding carboxylic acids is 1. The second-order valence-corrected chi connectivity index (χ2v) is 9.24. The van der Waals surface area contributed by atoms with Gasteiger partial charge < -0.3 is 4.90 Å². The minimum Gasteiger partial charge on any atom is -0.342 e. The Morgan fingerprint density at radius 3 is 2.50 bits per heavy atom. The number of piperidine rings is 1. The topological polar surface area (TPSA) is 63.9 Å². The molecule has 0 saturated carbocycles. The molecule has 2 aromatic carbocycles. The predicted molar refractivity (Wildman–Crippen MR) is 119 cm³/mol. The lowest BCUT2D eigenvalue weighted by Crippen LogP contribution is -2.42. The van der Waals surface area contributed by atoms with Crippen LogP contribution >= 0.6 is 11.8 Å². The summed E-state index contributed by atoms with van der Waals surface area (Å²) in [4.78, 5) is 15.0. The van der Waals surface area contributed by atoms with Gasteiger partial charge in [0.2, 0.25) is 11.1 Å². The van der Waals surface area contributed by atoms with E-state index in [1.54, 1.807) is 4.68 Å². The Morgan fingerprint density at radius 2 is 1.80 bits per heavy atom. The third kappa shape index (κ3) is 4.90. The molecule has 1 atom stereocenters. The average molecular weight is 422 g/mol. The van der Waals surface area contributed by atoms with E-state index < -0.39 is 0 Å². The Bertz CT molecular complexity index is 965. The van der Waals surface area contributed by atoms with Gasteiger partial charge in [-0.3, -0.25) is 4.79 Å². The Kier molecular flexibility index (Phi) is 6.47. The van der Waals surface area contributed by atoms with Crippen LogP contribution in [0.1, 0.15) is 30.9 Å². The Morgan fingerprint density at radius 1 is 1.10 bits per heavy atom. The Balaban J connectivity index is 1.33. The highest BCUT2D eigenvalue weighted by atomic mass is 32.2. The lowest BCUT2D eigenvalue weighted by molar-refractivity contribution is -0.131. The lowest BCUT2D eigenvalue weighted by atomic mass is 9.90. The summed E-state index contributed by atoms with van der Waals surface area (Å²) in [5, 5.41) is 12.5. The molecule has 156 valence electrons. The highest BCUT2D eigenvalue weighted by Crippen LogP contribution is 2.27. The van der Waals surface area contributed by atoms with Crippen molar-refractivity contribution in [3.63, 3.8) is 0 Å². The third-order valence-corrected chi connectivity index (χ3v) is 6.66. The van der Waals surface area contributed by atoms with Gasteiger partial charge in [0.15, 0.2) is 0 Å². The van der Waals surface area contributed by atoms with Crippen LogP contribution in [-0.4, -0.2) is 49.4 Å². The van der Waals surface area contributed by atoms with E-state index in [-0.39, 0.29) is 11.2 Å². The number of hydrogen-bond donors (Lipinski definition) is 0. The summed E-state index contributed by atoms with van der Waals surface area (Å²) in [7, 11) is 0. The van der Waals surface area contributed by atoms with Crippen LogP contribution in [0, 0.1) is 12.8 Å². The average Bonchev–Trinajstić information content (AvgIpc) is 3.23. The molecule has 6 nitrogen and oxygen atoms in total. The molecule has 1 unspecified atom stereocenters. The van der Waals surface area contributed by atoms with E-state index in [4.69, 9.17) is 0 Å². The quantitative estimate of drug-likeness (QED) is 0.564. The van der Waals surface area contributed by atoms with Crippen LogP contribution < -0.4 is 0 Å². The van der Waals surface area contributed by atoms with Crippen molar-refractivity contribution in [2.24, 2.45) is 5.92 Å². The molecule has 3 aromatic rings. The smallest absolute Gasteiger partial charge is 0.235 e. The molecule has 1 saturated heterocycles. The van der Waals surface area contributed by atoms with Crippen molar-refractivity contribution in [1.82, 2.24) is 25.1 Å². The molecule has 30 heavy (non-hydrogen) atoms. The van der Waals surface area contributed by atoms with Crippen LogP contribution in [0.4, 0.5) is 0 Å². The monoisotopic (exact) mass is 421 g/mol. The van der Waals surface area contributed by atoms with Crippen molar-refractivity contribution >= 4 is 17.7 Å². The van der Waals surface area contributed by atoms with Crippen molar-refractivity contribution in [2.45, 2.75) is 43.5 Å². The number of benzene rings is 2. The van der Waals surface area contributed by atoms with E-state index in [0.717, 1.165) is 38.0 Å². The Labute approximate surface area is 181 Å². The number of carbonyl (C=O) groups is 1. The summed E-state index contributed by atoms with van der Waals surface area (Å²) in [5.41, 5.74) is 3.46. The van der Waals surface area contributed by atoms with Crippen LogP contribution in [0.3, 0.4) is 0 Å². The van der Waals surface area contributed by atoms with Crippen molar-refractivity contribution in [3.8, 4) is 5.69 Å². The fourth-order valence-corrected chi connectivity index (χ4v) is 4.76. The first-order chi connectivity index (χ1) is 14.6. The maximum Gasteiger partial charge on any atom is 0.235 e. The van der Waals surface area contributed by atoms with Crippen LogP contribution in [0.15, 0.2) is 59.8 Å². The first kappa shape index (κ1) is 20.6. The standard InChI is InChI=1S/C23H27N5OS/c1-17-8-10-21(11-9-17)28-23(24-25-26-28)30-18(2)22(29)27-14-12-20(13-15-27)16-19-6-4-3-5-7-19/h3-11,18,20H,12-16H2,1-2H3. The zero-order valence-electron chi connectivity index (χ0n) is 17.4. The molecule has 4 rings (SSSR count). The summed E-state index contributed by atoms with van der Waals surface area (Å²) in [6, 6.07) is 18.6. The molecule has 0 N–H and O–H groups in total. The number of nitrogens with zero attached hydrogens (tertiary/aromatic N) is 5. The molecular weight excluding hydrogens is 394 g/mol. The van der Waals surface area contributed by atoms with Gasteiger partial charge in [-0.25, -0.2) is 0 Å². The molecule has 1 amide bonds. The first-order valence-corrected chi connectivity index (χ1v) is 11.3. The maximum atomic E-state index is 13.0. The molecule has 2 heterocycles. The van der Waals surface area contributed by atoms with E-state index in [2.05, 4.69) is 45.9 Å². The van der Waals surface area contributed by atoms with E-state index in [1.165, 1.54) is 22.9 Å². The lowest BCUT2D eigenvalue weighted by Gasteiger charge is -2.33. The number of likely N-dealkylation sites (tertiary alicyclic amines) is 1. The van der Waals surface area contributed by atoms with Gasteiger partial charge in [0.1, 0.15) is 0 Å². The summed E-state index contributed by atoms with van der Waals surface area (Å²) in [6.45, 7) is 5.63. The summed E-state index contributed by atoms with van der Waals surface area (Å²) < 4.78 is 1.69. The molecule has 1 aliphatic rings. The number of aryl methyl sites for hydroxylation is 1. The molecule has 1 aliphatic heterocycles. The number of hydrogen-bond acceptors (Lipinski definition) is 5. The number of amides is 1. The van der Waals surface area contributed by atoms with E-state index >= 15 is 0 Å². The zero-order chi connectivity index (χ0) is 20.9. The molecule has 0 spiro atoms. The number of tetrazole rings is 1. The summed E-state index contributed by atoms with van der Waals surface area (Å²) in [6.07, 6.45) is 3.21. The van der Waals surface area contributed by atoms with E-state index in [9.17, 15) is 4.79 Å². The molecule has 0 aliphatic carbocycles. The molecular formula is C23H27N5OS. The van der Waals surface area contributed by atoms with Crippen molar-refractivity contribution < 1.29 is 4.79 Å². The predicted octanol–water partition coefficient (Wildman–Crippen LogP) is 3.93. The van der Waals surface area contributed by atoms with E-state index in [1.807, 2.05) is 43.0 Å². The van der Waals surface area contributed by atoms with Gasteiger partial charge in [-0.1, -0.05) is 59.8 Å². The SMILES string of the molecule is Cc1ccc(-n2nnnc2SC(C)C(=O)N2CCC(Cc3ccccc3)CC2)cc1. The van der Waals surface area contributed by atoms with Gasteiger partial charge in [0.05, 0.1) is 10.9 Å². The molecule has 1 aromatic heterocycles. The van der Waals surface area contributed by atoms with Crippen molar-refractivity contribution in [2.75, 3.05) is 13.1 Å². The largest absolute Gasteiger partial charge is 0.342 e. The third-order valence-electron chi connectivity index (χ3n) is 5.64. The number of thioether (sulfide) groups is 1. The fraction of sp³-hybridized carbons (Fsp3) is 0.391. The number of aromatic nitrogens is 4. The van der Waals surface area contributed by atoms with Crippen LogP contribution in [-0.2, 0) is 11.2 Å². The van der Waals surface area contributed by atoms with Crippen LogP contribution in [0.5, 0.6) is 0 Å². The maximum absolute atomic E-state index is 13.0. The summed E-state index contributed by atoms with van der Waals surface area (Å²) >= 11 is 1.42. The minimum atomic E-state index is -0.231.